The van der Waals surface area contributed by atoms with Gasteiger partial charge in [0.05, 0.1) is 11.5 Å². The number of hydrogen-bond donors (Lipinski definition) is 2. The molecule has 4 heterocycles. The molecule has 2 bridgehead atoms. The summed E-state index contributed by atoms with van der Waals surface area (Å²) in [6.45, 7) is 7.82. The number of amides is 2. The van der Waals surface area contributed by atoms with E-state index in [2.05, 4.69) is 39.3 Å². The van der Waals surface area contributed by atoms with Crippen LogP contribution in [0, 0.1) is 0 Å². The first kappa shape index (κ1) is 23.8. The predicted molar refractivity (Wildman–Crippen MR) is 134 cm³/mol. The lowest BCUT2D eigenvalue weighted by molar-refractivity contribution is -0.133. The van der Waals surface area contributed by atoms with Crippen LogP contribution in [0.3, 0.4) is 0 Å². The number of carbonyl (C=O) groups excluding carboxylic acids is 2. The maximum absolute atomic E-state index is 13.8. The van der Waals surface area contributed by atoms with Gasteiger partial charge >= 0.3 is 6.09 Å². The summed E-state index contributed by atoms with van der Waals surface area (Å²) in [4.78, 5) is 38.8. The summed E-state index contributed by atoms with van der Waals surface area (Å²) in [7, 11) is 0. The van der Waals surface area contributed by atoms with Gasteiger partial charge in [-0.1, -0.05) is 37.6 Å². The molecule has 10 heteroatoms. The number of cyclic esters (lactones) is 1. The van der Waals surface area contributed by atoms with E-state index in [0.29, 0.717) is 30.5 Å². The van der Waals surface area contributed by atoms with E-state index in [1.807, 2.05) is 36.1 Å². The Morgan fingerprint density at radius 3 is 2.54 bits per heavy atom. The second kappa shape index (κ2) is 9.62. The lowest BCUT2D eigenvalue weighted by atomic mass is 9.96. The molecule has 186 valence electrons. The summed E-state index contributed by atoms with van der Waals surface area (Å²) in [6, 6.07) is 8.14. The van der Waals surface area contributed by atoms with Gasteiger partial charge in [0.1, 0.15) is 24.1 Å². The largest absolute Gasteiger partial charge is 0.441 e. The molecule has 4 atom stereocenters. The van der Waals surface area contributed by atoms with Crippen molar-refractivity contribution in [1.82, 2.24) is 20.2 Å². The number of aromatic nitrogens is 2. The summed E-state index contributed by atoms with van der Waals surface area (Å²) < 4.78 is 5.39. The van der Waals surface area contributed by atoms with Crippen molar-refractivity contribution < 1.29 is 14.3 Å². The third kappa shape index (κ3) is 4.67. The van der Waals surface area contributed by atoms with Gasteiger partial charge < -0.3 is 19.9 Å². The molecule has 2 amide bonds. The van der Waals surface area contributed by atoms with Gasteiger partial charge in [0, 0.05) is 42.8 Å². The van der Waals surface area contributed by atoms with E-state index >= 15 is 0 Å². The van der Waals surface area contributed by atoms with Gasteiger partial charge in [-0.25, -0.2) is 14.8 Å². The fourth-order valence-corrected chi connectivity index (χ4v) is 5.58. The van der Waals surface area contributed by atoms with E-state index in [-0.39, 0.29) is 30.0 Å². The topological polar surface area (TPSA) is 99.7 Å². The molecule has 0 spiro atoms. The molecular weight excluding hydrogens is 468 g/mol. The minimum atomic E-state index is -0.503. The minimum Gasteiger partial charge on any atom is -0.441 e. The van der Waals surface area contributed by atoms with E-state index in [9.17, 15) is 9.59 Å². The van der Waals surface area contributed by atoms with Crippen LogP contribution in [0.5, 0.6) is 0 Å². The number of hydrogen-bond acceptors (Lipinski definition) is 7. The molecule has 2 N–H and O–H groups in total. The van der Waals surface area contributed by atoms with Crippen LogP contribution in [-0.4, -0.2) is 64.6 Å². The lowest BCUT2D eigenvalue weighted by Crippen LogP contribution is -2.57. The van der Waals surface area contributed by atoms with Crippen molar-refractivity contribution in [3.05, 3.63) is 46.7 Å². The van der Waals surface area contributed by atoms with E-state index in [1.165, 1.54) is 6.33 Å². The number of halogens is 1. The summed E-state index contributed by atoms with van der Waals surface area (Å²) in [5.74, 6) is 1.14. The highest BCUT2D eigenvalue weighted by Crippen LogP contribution is 2.41. The number of fused-ring (bicyclic) bond motifs is 3. The Morgan fingerprint density at radius 2 is 1.89 bits per heavy atom. The van der Waals surface area contributed by atoms with Crippen LogP contribution in [-0.2, 0) is 9.53 Å². The molecule has 9 nitrogen and oxygen atoms in total. The second-order valence-corrected chi connectivity index (χ2v) is 10.3. The van der Waals surface area contributed by atoms with Gasteiger partial charge in [0.15, 0.2) is 0 Å². The first-order valence-corrected chi connectivity index (χ1v) is 12.6. The minimum absolute atomic E-state index is 0.130. The highest BCUT2D eigenvalue weighted by atomic mass is 35.5. The number of ether oxygens (including phenoxy) is 1. The van der Waals surface area contributed by atoms with E-state index in [4.69, 9.17) is 16.3 Å². The van der Waals surface area contributed by atoms with Crippen LogP contribution in [0.1, 0.15) is 56.8 Å². The van der Waals surface area contributed by atoms with Gasteiger partial charge in [-0.05, 0) is 37.5 Å². The molecule has 3 aliphatic rings. The third-order valence-electron chi connectivity index (χ3n) is 7.11. The zero-order valence-corrected chi connectivity index (χ0v) is 21.0. The Bertz CT molecular complexity index is 1100. The quantitative estimate of drug-likeness (QED) is 0.626. The summed E-state index contributed by atoms with van der Waals surface area (Å²) in [5, 5.41) is 6.78. The summed E-state index contributed by atoms with van der Waals surface area (Å²) in [5.41, 5.74) is 1.76. The first-order chi connectivity index (χ1) is 16.8. The number of likely N-dealkylation sites (tertiary alicyclic amines) is 1. The molecule has 0 radical (unpaired) electrons. The normalized spacial score (nSPS) is 24.1. The number of piperazine rings is 1. The van der Waals surface area contributed by atoms with Gasteiger partial charge in [-0.3, -0.25) is 10.1 Å². The van der Waals surface area contributed by atoms with Crippen molar-refractivity contribution in [2.45, 2.75) is 63.8 Å². The van der Waals surface area contributed by atoms with E-state index < -0.39 is 12.2 Å². The second-order valence-electron chi connectivity index (χ2n) is 9.83. The standard InChI is InChI=1S/C25H31ClN6O3/c1-14(2)27-10-20(16-4-6-17(26)7-5-16)24(33)31-11-18-8-9-19(12-31)32(18)23-21-15(3)35-25(34)30-22(21)28-13-29-23/h4-7,13-15,18-20,27H,8-12H2,1-3H3,(H,28,29,30,34)/t15-,18?,19?,20-/m1/s1. The Balaban J connectivity index is 1.38. The molecule has 35 heavy (non-hydrogen) atoms. The van der Waals surface area contributed by atoms with Gasteiger partial charge in [0.2, 0.25) is 5.91 Å². The van der Waals surface area contributed by atoms with Crippen LogP contribution < -0.4 is 15.5 Å². The number of carbonyl (C=O) groups is 2. The van der Waals surface area contributed by atoms with E-state index in [0.717, 1.165) is 29.8 Å². The van der Waals surface area contributed by atoms with Gasteiger partial charge in [-0.2, -0.15) is 0 Å². The number of nitrogens with zero attached hydrogens (tertiary/aromatic N) is 4. The molecule has 1 aromatic carbocycles. The van der Waals surface area contributed by atoms with Crippen LogP contribution in [0.15, 0.2) is 30.6 Å². The monoisotopic (exact) mass is 498 g/mol. The molecule has 2 aromatic rings. The van der Waals surface area contributed by atoms with Gasteiger partial charge in [-0.15, -0.1) is 0 Å². The van der Waals surface area contributed by atoms with Crippen molar-refractivity contribution in [1.29, 1.82) is 0 Å². The van der Waals surface area contributed by atoms with Gasteiger partial charge in [0.25, 0.3) is 0 Å². The summed E-state index contributed by atoms with van der Waals surface area (Å²) in [6.07, 6.45) is 2.49. The van der Waals surface area contributed by atoms with Crippen molar-refractivity contribution in [2.75, 3.05) is 29.9 Å². The van der Waals surface area contributed by atoms with E-state index in [1.54, 1.807) is 0 Å². The average molecular weight is 499 g/mol. The SMILES string of the molecule is CC(C)NC[C@@H](C(=O)N1CC2CCC(C1)N2c1ncnc2c1[C@@H](C)OC(=O)N2)c1ccc(Cl)cc1. The molecule has 1 aromatic heterocycles. The molecule has 0 saturated carbocycles. The summed E-state index contributed by atoms with van der Waals surface area (Å²) >= 11 is 6.10. The molecule has 3 aliphatic heterocycles. The molecule has 5 rings (SSSR count). The smallest absolute Gasteiger partial charge is 0.413 e. The Kier molecular flexibility index (Phi) is 6.55. The highest BCUT2D eigenvalue weighted by molar-refractivity contribution is 6.30. The van der Waals surface area contributed by atoms with Crippen LogP contribution in [0.4, 0.5) is 16.4 Å². The fourth-order valence-electron chi connectivity index (χ4n) is 5.46. The maximum atomic E-state index is 13.8. The van der Waals surface area contributed by atoms with Crippen LogP contribution in [0.25, 0.3) is 0 Å². The Labute approximate surface area is 210 Å². The number of nitrogens with one attached hydrogen (secondary N) is 2. The Morgan fingerprint density at radius 1 is 1.20 bits per heavy atom. The zero-order chi connectivity index (χ0) is 24.7. The van der Waals surface area contributed by atoms with Crippen LogP contribution in [0.2, 0.25) is 5.02 Å². The van der Waals surface area contributed by atoms with Crippen molar-refractivity contribution >= 4 is 35.2 Å². The fraction of sp³-hybridized carbons (Fsp3) is 0.520. The highest BCUT2D eigenvalue weighted by Gasteiger charge is 2.45. The molecule has 2 fully saturated rings. The van der Waals surface area contributed by atoms with Crippen molar-refractivity contribution in [3.8, 4) is 0 Å². The predicted octanol–water partition coefficient (Wildman–Crippen LogP) is 3.71. The molecular formula is C25H31ClN6O3. The number of anilines is 2. The average Bonchev–Trinajstić information content (AvgIpc) is 3.08. The molecule has 2 unspecified atom stereocenters. The number of rotatable bonds is 6. The Hall–Kier alpha value is -2.91. The lowest BCUT2D eigenvalue weighted by Gasteiger charge is -2.44. The zero-order valence-electron chi connectivity index (χ0n) is 20.2. The molecule has 0 aliphatic carbocycles. The molecule has 2 saturated heterocycles. The van der Waals surface area contributed by atoms with Crippen molar-refractivity contribution in [2.24, 2.45) is 0 Å². The first-order valence-electron chi connectivity index (χ1n) is 12.2. The maximum Gasteiger partial charge on any atom is 0.413 e. The van der Waals surface area contributed by atoms with Crippen LogP contribution >= 0.6 is 11.6 Å². The van der Waals surface area contributed by atoms with Crippen molar-refractivity contribution in [3.63, 3.8) is 0 Å². The third-order valence-corrected chi connectivity index (χ3v) is 7.36. The number of benzene rings is 1.